The molecule has 0 aliphatic rings. The number of halogens is 2. The number of benzene rings is 1. The molecule has 0 aliphatic carbocycles. The molecule has 0 aliphatic heterocycles. The van der Waals surface area contributed by atoms with E-state index in [0.717, 1.165) is 3.57 Å². The Balaban J connectivity index is 2.80. The number of nitrogens with one attached hydrogen (secondary N) is 1. The van der Waals surface area contributed by atoms with E-state index in [4.69, 9.17) is 11.6 Å². The van der Waals surface area contributed by atoms with Gasteiger partial charge in [-0.25, -0.2) is 0 Å². The Kier molecular flexibility index (Phi) is 4.41. The number of carbonyl (C=O) groups excluding carboxylic acids is 1. The summed E-state index contributed by atoms with van der Waals surface area (Å²) in [6, 6.07) is 5.21. The molecule has 0 fully saturated rings. The van der Waals surface area contributed by atoms with E-state index in [1.807, 2.05) is 6.07 Å². The van der Waals surface area contributed by atoms with Crippen LogP contribution in [0.3, 0.4) is 0 Å². The quantitative estimate of drug-likeness (QED) is 0.673. The molecule has 0 aromatic heterocycles. The second-order valence-electron chi connectivity index (χ2n) is 2.63. The highest BCUT2D eigenvalue weighted by Crippen LogP contribution is 2.19. The molecule has 1 amide bonds. The van der Waals surface area contributed by atoms with Gasteiger partial charge in [0.25, 0.3) is 5.91 Å². The molecule has 0 heterocycles. The van der Waals surface area contributed by atoms with Crippen molar-refractivity contribution in [1.29, 1.82) is 0 Å². The van der Waals surface area contributed by atoms with Crippen LogP contribution in [0.4, 0.5) is 0 Å². The summed E-state index contributed by atoms with van der Waals surface area (Å²) in [4.78, 5) is 11.4. The predicted molar refractivity (Wildman–Crippen MR) is 66.7 cm³/mol. The normalized spacial score (nSPS) is 9.57. The lowest BCUT2D eigenvalue weighted by molar-refractivity contribution is 0.0958. The van der Waals surface area contributed by atoms with Crippen molar-refractivity contribution in [3.63, 3.8) is 0 Å². The molecule has 0 saturated carbocycles. The van der Waals surface area contributed by atoms with Crippen LogP contribution in [0.2, 0.25) is 5.02 Å². The Morgan fingerprint density at radius 1 is 1.64 bits per heavy atom. The predicted octanol–water partition coefficient (Wildman–Crippen LogP) is 2.86. The Labute approximate surface area is 101 Å². The summed E-state index contributed by atoms with van der Waals surface area (Å²) in [7, 11) is 0. The highest BCUT2D eigenvalue weighted by atomic mass is 127. The average molecular weight is 322 g/mol. The molecule has 0 unspecified atom stereocenters. The van der Waals surface area contributed by atoms with Gasteiger partial charge in [-0.1, -0.05) is 17.7 Å². The van der Waals surface area contributed by atoms with Gasteiger partial charge < -0.3 is 5.32 Å². The lowest BCUT2D eigenvalue weighted by atomic mass is 10.2. The molecule has 1 N–H and O–H groups in total. The first-order valence-electron chi connectivity index (χ1n) is 3.99. The van der Waals surface area contributed by atoms with Crippen molar-refractivity contribution in [1.82, 2.24) is 5.32 Å². The van der Waals surface area contributed by atoms with Crippen LogP contribution in [-0.2, 0) is 0 Å². The van der Waals surface area contributed by atoms with Crippen LogP contribution in [0.25, 0.3) is 0 Å². The van der Waals surface area contributed by atoms with Crippen molar-refractivity contribution < 1.29 is 4.79 Å². The summed E-state index contributed by atoms with van der Waals surface area (Å²) in [5.74, 6) is -0.136. The second-order valence-corrected chi connectivity index (χ2v) is 4.20. The molecule has 14 heavy (non-hydrogen) atoms. The van der Waals surface area contributed by atoms with Crippen LogP contribution in [0.5, 0.6) is 0 Å². The maximum Gasteiger partial charge on any atom is 0.251 e. The van der Waals surface area contributed by atoms with Gasteiger partial charge in [-0.3, -0.25) is 4.79 Å². The fraction of sp³-hybridized carbons (Fsp3) is 0.100. The first-order chi connectivity index (χ1) is 6.65. The number of hydrogen-bond acceptors (Lipinski definition) is 1. The minimum absolute atomic E-state index is 0.136. The molecule has 1 aromatic carbocycles. The largest absolute Gasteiger partial charge is 0.349 e. The van der Waals surface area contributed by atoms with E-state index < -0.39 is 0 Å². The van der Waals surface area contributed by atoms with Gasteiger partial charge in [0.1, 0.15) is 0 Å². The third-order valence-electron chi connectivity index (χ3n) is 1.59. The summed E-state index contributed by atoms with van der Waals surface area (Å²) in [5.41, 5.74) is 0.567. The third kappa shape index (κ3) is 2.99. The summed E-state index contributed by atoms with van der Waals surface area (Å²) < 4.78 is 0.935. The first-order valence-corrected chi connectivity index (χ1v) is 5.45. The Morgan fingerprint density at radius 2 is 2.36 bits per heavy atom. The number of rotatable bonds is 3. The van der Waals surface area contributed by atoms with Crippen molar-refractivity contribution in [3.05, 3.63) is 45.0 Å². The summed E-state index contributed by atoms with van der Waals surface area (Å²) in [6.45, 7) is 3.98. The van der Waals surface area contributed by atoms with Gasteiger partial charge in [-0.2, -0.15) is 0 Å². The highest BCUT2D eigenvalue weighted by molar-refractivity contribution is 14.1. The highest BCUT2D eigenvalue weighted by Gasteiger charge is 2.05. The lowest BCUT2D eigenvalue weighted by Crippen LogP contribution is -2.23. The van der Waals surface area contributed by atoms with Crippen LogP contribution in [0.15, 0.2) is 30.9 Å². The number of amides is 1. The molecule has 0 atom stereocenters. The zero-order valence-electron chi connectivity index (χ0n) is 7.39. The molecule has 1 aromatic rings. The monoisotopic (exact) mass is 321 g/mol. The van der Waals surface area contributed by atoms with Crippen LogP contribution in [0.1, 0.15) is 10.4 Å². The van der Waals surface area contributed by atoms with Crippen LogP contribution in [0, 0.1) is 3.57 Å². The van der Waals surface area contributed by atoms with Gasteiger partial charge in [-0.15, -0.1) is 6.58 Å². The fourth-order valence-electron chi connectivity index (χ4n) is 0.904. The maximum absolute atomic E-state index is 11.4. The Morgan fingerprint density at radius 3 is 2.93 bits per heavy atom. The fourth-order valence-corrected chi connectivity index (χ4v) is 1.42. The smallest absolute Gasteiger partial charge is 0.251 e. The second kappa shape index (κ2) is 5.36. The van der Waals surface area contributed by atoms with Crippen molar-refractivity contribution >= 4 is 40.1 Å². The standard InChI is InChI=1S/C10H9ClINO/c1-2-5-13-10(14)7-3-4-9(12)8(11)6-7/h2-4,6H,1,5H2,(H,13,14). The molecular weight excluding hydrogens is 312 g/mol. The van der Waals surface area contributed by atoms with Crippen LogP contribution < -0.4 is 5.32 Å². The Hall–Kier alpha value is -0.550. The van der Waals surface area contributed by atoms with Gasteiger partial charge in [0.05, 0.1) is 5.02 Å². The van der Waals surface area contributed by atoms with E-state index in [1.165, 1.54) is 0 Å². The molecule has 1 rings (SSSR count). The SMILES string of the molecule is C=CCNC(=O)c1ccc(I)c(Cl)c1. The number of hydrogen-bond donors (Lipinski definition) is 1. The summed E-state index contributed by atoms with van der Waals surface area (Å²) in [6.07, 6.45) is 1.63. The van der Waals surface area contributed by atoms with E-state index in [2.05, 4.69) is 34.5 Å². The molecule has 0 bridgehead atoms. The van der Waals surface area contributed by atoms with E-state index in [0.29, 0.717) is 17.1 Å². The minimum atomic E-state index is -0.136. The minimum Gasteiger partial charge on any atom is -0.349 e. The third-order valence-corrected chi connectivity index (χ3v) is 3.16. The van der Waals surface area contributed by atoms with E-state index in [-0.39, 0.29) is 5.91 Å². The summed E-state index contributed by atoms with van der Waals surface area (Å²) >= 11 is 8.00. The Bertz CT molecular complexity index is 365. The molecule has 0 spiro atoms. The maximum atomic E-state index is 11.4. The zero-order chi connectivity index (χ0) is 10.6. The molecule has 4 heteroatoms. The van der Waals surface area contributed by atoms with E-state index in [1.54, 1.807) is 18.2 Å². The molecule has 2 nitrogen and oxygen atoms in total. The van der Waals surface area contributed by atoms with Crippen molar-refractivity contribution in [2.45, 2.75) is 0 Å². The van der Waals surface area contributed by atoms with Crippen molar-refractivity contribution in [2.75, 3.05) is 6.54 Å². The van der Waals surface area contributed by atoms with Gasteiger partial charge >= 0.3 is 0 Å². The zero-order valence-corrected chi connectivity index (χ0v) is 10.3. The first kappa shape index (κ1) is 11.5. The van der Waals surface area contributed by atoms with Gasteiger partial charge in [-0.05, 0) is 40.8 Å². The van der Waals surface area contributed by atoms with Crippen molar-refractivity contribution in [2.24, 2.45) is 0 Å². The molecule has 0 radical (unpaired) electrons. The summed E-state index contributed by atoms with van der Waals surface area (Å²) in [5, 5.41) is 3.27. The van der Waals surface area contributed by atoms with Gasteiger partial charge in [0.2, 0.25) is 0 Å². The van der Waals surface area contributed by atoms with Gasteiger partial charge in [0.15, 0.2) is 0 Å². The van der Waals surface area contributed by atoms with Crippen LogP contribution in [-0.4, -0.2) is 12.5 Å². The van der Waals surface area contributed by atoms with Crippen molar-refractivity contribution in [3.8, 4) is 0 Å². The topological polar surface area (TPSA) is 29.1 Å². The molecular formula is C10H9ClINO. The van der Waals surface area contributed by atoms with E-state index >= 15 is 0 Å². The van der Waals surface area contributed by atoms with E-state index in [9.17, 15) is 4.79 Å². The van der Waals surface area contributed by atoms with Crippen LogP contribution >= 0.6 is 34.2 Å². The average Bonchev–Trinajstić information content (AvgIpc) is 2.18. The number of carbonyl (C=O) groups is 1. The lowest BCUT2D eigenvalue weighted by Gasteiger charge is -2.03. The molecule has 0 saturated heterocycles. The molecule has 74 valence electrons. The van der Waals surface area contributed by atoms with Gasteiger partial charge in [0, 0.05) is 15.7 Å².